The van der Waals surface area contributed by atoms with Crippen LogP contribution in [0.5, 0.6) is 17.2 Å². The second-order valence-corrected chi connectivity index (χ2v) is 7.24. The number of benzene rings is 3. The van der Waals surface area contributed by atoms with Crippen molar-refractivity contribution in [3.05, 3.63) is 76.8 Å². The van der Waals surface area contributed by atoms with E-state index in [0.717, 1.165) is 0 Å². The van der Waals surface area contributed by atoms with Gasteiger partial charge in [0.05, 0.1) is 11.3 Å². The van der Waals surface area contributed by atoms with Crippen LogP contribution in [0.15, 0.2) is 60.7 Å². The van der Waals surface area contributed by atoms with Crippen molar-refractivity contribution < 1.29 is 19.4 Å². The Morgan fingerprint density at radius 3 is 2.66 bits per heavy atom. The summed E-state index contributed by atoms with van der Waals surface area (Å²) in [6.07, 6.45) is -0.654. The molecule has 1 atom stereocenters. The number of para-hydroxylation sites is 1. The Bertz CT molecular complexity index is 1120. The summed E-state index contributed by atoms with van der Waals surface area (Å²) in [6.45, 7) is 0.937. The van der Waals surface area contributed by atoms with Gasteiger partial charge in [-0.25, -0.2) is 0 Å². The number of ether oxygens (including phenoxy) is 2. The first-order valence-electron chi connectivity index (χ1n) is 9.19. The molecule has 3 aromatic carbocycles. The van der Waals surface area contributed by atoms with Crippen LogP contribution >= 0.6 is 11.6 Å². The van der Waals surface area contributed by atoms with E-state index in [2.05, 4.69) is 5.32 Å². The predicted octanol–water partition coefficient (Wildman–Crippen LogP) is 4.59. The van der Waals surface area contributed by atoms with Crippen molar-refractivity contribution in [3.8, 4) is 17.2 Å². The number of nitrogens with zero attached hydrogens (tertiary/aromatic N) is 1. The molecule has 7 heteroatoms. The molecule has 0 saturated carbocycles. The number of hydrogen-bond acceptors (Lipinski definition) is 5. The normalized spacial score (nSPS) is 17.5. The fourth-order valence-corrected chi connectivity index (χ4v) is 3.84. The Morgan fingerprint density at radius 1 is 1.00 bits per heavy atom. The van der Waals surface area contributed by atoms with Gasteiger partial charge < -0.3 is 19.9 Å². The first-order valence-corrected chi connectivity index (χ1v) is 9.57. The third kappa shape index (κ3) is 3.02. The summed E-state index contributed by atoms with van der Waals surface area (Å²) < 4.78 is 11.3. The molecule has 0 fully saturated rings. The number of phenolic OH excluding ortho intramolecular Hbond substituents is 1. The molecule has 0 aromatic heterocycles. The third-order valence-corrected chi connectivity index (χ3v) is 5.25. The molecule has 0 spiro atoms. The Kier molecular flexibility index (Phi) is 4.21. The molecular formula is C22H17ClN2O4. The van der Waals surface area contributed by atoms with Crippen LogP contribution in [-0.4, -0.2) is 24.2 Å². The highest BCUT2D eigenvalue weighted by molar-refractivity contribution is 6.30. The lowest BCUT2D eigenvalue weighted by Gasteiger charge is -2.38. The molecule has 29 heavy (non-hydrogen) atoms. The zero-order valence-electron chi connectivity index (χ0n) is 15.3. The van der Waals surface area contributed by atoms with Crippen LogP contribution in [0.4, 0.5) is 11.4 Å². The summed E-state index contributed by atoms with van der Waals surface area (Å²) in [5.74, 6) is 1.07. The van der Waals surface area contributed by atoms with Gasteiger partial charge in [-0.15, -0.1) is 0 Å². The van der Waals surface area contributed by atoms with Gasteiger partial charge in [-0.3, -0.25) is 9.69 Å². The summed E-state index contributed by atoms with van der Waals surface area (Å²) in [4.78, 5) is 15.1. The maximum absolute atomic E-state index is 13.5. The van der Waals surface area contributed by atoms with Crippen LogP contribution in [0.1, 0.15) is 22.1 Å². The smallest absolute Gasteiger partial charge is 0.262 e. The molecule has 146 valence electrons. The lowest BCUT2D eigenvalue weighted by atomic mass is 10.0. The monoisotopic (exact) mass is 408 g/mol. The Labute approximate surface area is 172 Å². The Hall–Kier alpha value is -3.38. The van der Waals surface area contributed by atoms with E-state index in [1.54, 1.807) is 41.3 Å². The largest absolute Gasteiger partial charge is 0.508 e. The molecule has 3 aromatic rings. The van der Waals surface area contributed by atoms with E-state index in [1.165, 1.54) is 6.07 Å². The fraction of sp³-hybridized carbons (Fsp3) is 0.136. The first-order chi connectivity index (χ1) is 14.1. The maximum atomic E-state index is 13.5. The number of anilines is 2. The number of aromatic hydroxyl groups is 1. The van der Waals surface area contributed by atoms with Crippen molar-refractivity contribution in [2.24, 2.45) is 0 Å². The third-order valence-electron chi connectivity index (χ3n) is 5.01. The van der Waals surface area contributed by atoms with E-state index in [4.69, 9.17) is 21.1 Å². The highest BCUT2D eigenvalue weighted by atomic mass is 35.5. The van der Waals surface area contributed by atoms with Crippen LogP contribution in [0, 0.1) is 0 Å². The van der Waals surface area contributed by atoms with Crippen molar-refractivity contribution in [2.75, 3.05) is 23.4 Å². The molecule has 1 amide bonds. The van der Waals surface area contributed by atoms with E-state index in [9.17, 15) is 9.90 Å². The van der Waals surface area contributed by atoms with Gasteiger partial charge in [0.15, 0.2) is 11.5 Å². The molecule has 2 heterocycles. The van der Waals surface area contributed by atoms with E-state index in [1.807, 2.05) is 18.2 Å². The van der Waals surface area contributed by atoms with Gasteiger partial charge in [0.25, 0.3) is 5.91 Å². The van der Waals surface area contributed by atoms with Gasteiger partial charge in [-0.1, -0.05) is 23.7 Å². The van der Waals surface area contributed by atoms with Crippen LogP contribution in [0.2, 0.25) is 5.02 Å². The van der Waals surface area contributed by atoms with Gasteiger partial charge in [-0.2, -0.15) is 0 Å². The van der Waals surface area contributed by atoms with E-state index >= 15 is 0 Å². The highest BCUT2D eigenvalue weighted by Crippen LogP contribution is 2.42. The number of phenols is 1. The predicted molar refractivity (Wildman–Crippen MR) is 110 cm³/mol. The second kappa shape index (κ2) is 6.90. The molecule has 6 nitrogen and oxygen atoms in total. The Balaban J connectivity index is 1.67. The number of amides is 1. The fourth-order valence-electron chi connectivity index (χ4n) is 3.66. The maximum Gasteiger partial charge on any atom is 0.262 e. The molecule has 0 unspecified atom stereocenters. The van der Waals surface area contributed by atoms with Crippen molar-refractivity contribution in [1.82, 2.24) is 0 Å². The van der Waals surface area contributed by atoms with E-state index in [-0.39, 0.29) is 11.7 Å². The zero-order valence-corrected chi connectivity index (χ0v) is 16.0. The van der Waals surface area contributed by atoms with Gasteiger partial charge in [0.2, 0.25) is 0 Å². The molecule has 2 aliphatic rings. The average molecular weight is 409 g/mol. The summed E-state index contributed by atoms with van der Waals surface area (Å²) in [5, 5.41) is 14.3. The summed E-state index contributed by atoms with van der Waals surface area (Å²) >= 11 is 6.18. The summed E-state index contributed by atoms with van der Waals surface area (Å²) in [5.41, 5.74) is 2.34. The van der Waals surface area contributed by atoms with Gasteiger partial charge in [0.1, 0.15) is 25.1 Å². The van der Waals surface area contributed by atoms with Crippen LogP contribution in [0.25, 0.3) is 0 Å². The SMILES string of the molecule is O=C1c2ccccc2N[C@@H](c2cc(Cl)ccc2O)N1c1ccc2c(c1)OCCO2. The molecule has 5 rings (SSSR count). The van der Waals surface area contributed by atoms with Crippen molar-refractivity contribution >= 4 is 28.9 Å². The number of nitrogens with one attached hydrogen (secondary N) is 1. The number of rotatable bonds is 2. The van der Waals surface area contributed by atoms with Crippen LogP contribution in [0.3, 0.4) is 0 Å². The van der Waals surface area contributed by atoms with Crippen molar-refractivity contribution in [1.29, 1.82) is 0 Å². The molecular weight excluding hydrogens is 392 g/mol. The first kappa shape index (κ1) is 17.7. The number of halogens is 1. The zero-order chi connectivity index (χ0) is 20.0. The average Bonchev–Trinajstić information content (AvgIpc) is 2.75. The van der Waals surface area contributed by atoms with Crippen molar-refractivity contribution in [2.45, 2.75) is 6.17 Å². The minimum Gasteiger partial charge on any atom is -0.508 e. The quantitative estimate of drug-likeness (QED) is 0.649. The standard InChI is InChI=1S/C22H17ClN2O4/c23-13-5-7-18(26)16(11-13)21-24-17-4-2-1-3-15(17)22(27)25(21)14-6-8-19-20(12-14)29-10-9-28-19/h1-8,11-12,21,24,26H,9-10H2/t21-/m1/s1. The molecule has 0 saturated heterocycles. The number of fused-ring (bicyclic) bond motifs is 2. The minimum absolute atomic E-state index is 0.0432. The number of carbonyl (C=O) groups is 1. The number of carbonyl (C=O) groups excluding carboxylic acids is 1. The summed E-state index contributed by atoms with van der Waals surface area (Å²) in [6, 6.07) is 17.4. The van der Waals surface area contributed by atoms with Crippen LogP contribution in [-0.2, 0) is 0 Å². The molecule has 0 radical (unpaired) electrons. The highest BCUT2D eigenvalue weighted by Gasteiger charge is 2.36. The molecule has 2 N–H and O–H groups in total. The van der Waals surface area contributed by atoms with Gasteiger partial charge in [-0.05, 0) is 42.5 Å². The Morgan fingerprint density at radius 2 is 1.79 bits per heavy atom. The molecule has 0 bridgehead atoms. The van der Waals surface area contributed by atoms with Gasteiger partial charge >= 0.3 is 0 Å². The molecule has 2 aliphatic heterocycles. The van der Waals surface area contributed by atoms with Crippen molar-refractivity contribution in [3.63, 3.8) is 0 Å². The minimum atomic E-state index is -0.654. The van der Waals surface area contributed by atoms with Crippen LogP contribution < -0.4 is 19.7 Å². The molecule has 0 aliphatic carbocycles. The number of hydrogen-bond donors (Lipinski definition) is 2. The summed E-state index contributed by atoms with van der Waals surface area (Å²) in [7, 11) is 0. The van der Waals surface area contributed by atoms with E-state index < -0.39 is 6.17 Å². The second-order valence-electron chi connectivity index (χ2n) is 6.80. The lowest BCUT2D eigenvalue weighted by Crippen LogP contribution is -2.43. The lowest BCUT2D eigenvalue weighted by molar-refractivity contribution is 0.0974. The van der Waals surface area contributed by atoms with Gasteiger partial charge in [0, 0.05) is 22.3 Å². The van der Waals surface area contributed by atoms with E-state index in [0.29, 0.717) is 52.2 Å². The topological polar surface area (TPSA) is 71.0 Å².